The second-order valence-electron chi connectivity index (χ2n) is 6.72. The summed E-state index contributed by atoms with van der Waals surface area (Å²) < 4.78 is 7.53. The summed E-state index contributed by atoms with van der Waals surface area (Å²) in [7, 11) is 0. The molecule has 5 rings (SSSR count). The topological polar surface area (TPSA) is 68.4 Å². The number of anilines is 1. The number of thiazole rings is 1. The molecule has 0 bridgehead atoms. The van der Waals surface area contributed by atoms with Gasteiger partial charge in [0.15, 0.2) is 5.82 Å². The molecule has 0 aliphatic carbocycles. The average molecular weight is 356 g/mol. The standard InChI is InChI=1S/C17H20N6OS/c1-10-20-15(12-4-6-24-8-12)16-17(18-9-19-23(10)16)22-5-3-13-14(7-22)25-11(2)21-13/h9,12H,3-8H2,1-2H3/t12-/m0/s1. The van der Waals surface area contributed by atoms with Crippen molar-refractivity contribution in [3.8, 4) is 0 Å². The molecule has 0 N–H and O–H groups in total. The molecule has 7 nitrogen and oxygen atoms in total. The fraction of sp³-hybridized carbons (Fsp3) is 0.529. The molecule has 0 spiro atoms. The molecule has 3 aromatic rings. The smallest absolute Gasteiger partial charge is 0.158 e. The Labute approximate surface area is 149 Å². The van der Waals surface area contributed by atoms with Crippen LogP contribution in [0.1, 0.15) is 39.4 Å². The molecule has 3 aromatic heterocycles. The molecular formula is C17H20N6OS. The van der Waals surface area contributed by atoms with Crippen molar-refractivity contribution in [2.24, 2.45) is 0 Å². The SMILES string of the molecule is Cc1nc2c(s1)CN(c1ncnn3c(C)nc([C@H]4CCOC4)c13)CC2. The molecule has 25 heavy (non-hydrogen) atoms. The number of imidazole rings is 1. The Morgan fingerprint density at radius 3 is 3.04 bits per heavy atom. The maximum absolute atomic E-state index is 5.59. The van der Waals surface area contributed by atoms with E-state index in [9.17, 15) is 0 Å². The predicted molar refractivity (Wildman–Crippen MR) is 95.3 cm³/mol. The highest BCUT2D eigenvalue weighted by Crippen LogP contribution is 2.34. The van der Waals surface area contributed by atoms with Gasteiger partial charge in [-0.05, 0) is 20.3 Å². The molecule has 1 saturated heterocycles. The second kappa shape index (κ2) is 5.74. The van der Waals surface area contributed by atoms with Gasteiger partial charge in [0.05, 0.1) is 29.5 Å². The van der Waals surface area contributed by atoms with E-state index >= 15 is 0 Å². The lowest BCUT2D eigenvalue weighted by atomic mass is 10.0. The number of fused-ring (bicyclic) bond motifs is 2. The first-order valence-corrected chi connectivity index (χ1v) is 9.50. The summed E-state index contributed by atoms with van der Waals surface area (Å²) in [5.74, 6) is 2.22. The third kappa shape index (κ3) is 2.43. The average Bonchev–Trinajstić information content (AvgIpc) is 3.32. The maximum Gasteiger partial charge on any atom is 0.158 e. The van der Waals surface area contributed by atoms with Gasteiger partial charge in [-0.15, -0.1) is 11.3 Å². The van der Waals surface area contributed by atoms with Crippen LogP contribution in [-0.2, 0) is 17.7 Å². The zero-order chi connectivity index (χ0) is 17.0. The zero-order valence-corrected chi connectivity index (χ0v) is 15.2. The summed E-state index contributed by atoms with van der Waals surface area (Å²) in [5.41, 5.74) is 3.37. The first-order chi connectivity index (χ1) is 12.2. The van der Waals surface area contributed by atoms with Gasteiger partial charge in [0.2, 0.25) is 0 Å². The van der Waals surface area contributed by atoms with Gasteiger partial charge in [0, 0.05) is 30.4 Å². The minimum Gasteiger partial charge on any atom is -0.381 e. The Kier molecular flexibility index (Phi) is 3.49. The molecule has 0 radical (unpaired) electrons. The number of hydrogen-bond donors (Lipinski definition) is 0. The third-order valence-electron chi connectivity index (χ3n) is 5.06. The van der Waals surface area contributed by atoms with Gasteiger partial charge < -0.3 is 9.64 Å². The molecule has 130 valence electrons. The van der Waals surface area contributed by atoms with Crippen LogP contribution in [0.5, 0.6) is 0 Å². The van der Waals surface area contributed by atoms with Crippen molar-refractivity contribution in [1.29, 1.82) is 0 Å². The molecular weight excluding hydrogens is 336 g/mol. The van der Waals surface area contributed by atoms with Crippen molar-refractivity contribution >= 4 is 22.7 Å². The molecule has 2 aliphatic heterocycles. The highest BCUT2D eigenvalue weighted by molar-refractivity contribution is 7.11. The lowest BCUT2D eigenvalue weighted by Crippen LogP contribution is -2.31. The molecule has 1 atom stereocenters. The van der Waals surface area contributed by atoms with E-state index in [0.29, 0.717) is 5.92 Å². The summed E-state index contributed by atoms with van der Waals surface area (Å²) in [6, 6.07) is 0. The van der Waals surface area contributed by atoms with Crippen molar-refractivity contribution in [2.75, 3.05) is 24.7 Å². The quantitative estimate of drug-likeness (QED) is 0.702. The monoisotopic (exact) mass is 356 g/mol. The van der Waals surface area contributed by atoms with Gasteiger partial charge in [0.25, 0.3) is 0 Å². The van der Waals surface area contributed by atoms with Crippen molar-refractivity contribution in [1.82, 2.24) is 24.6 Å². The minimum absolute atomic E-state index is 0.333. The first kappa shape index (κ1) is 15.2. The molecule has 1 fully saturated rings. The molecule has 2 aliphatic rings. The third-order valence-corrected chi connectivity index (χ3v) is 6.05. The van der Waals surface area contributed by atoms with E-state index in [1.165, 1.54) is 10.6 Å². The fourth-order valence-corrected chi connectivity index (χ4v) is 4.86. The highest BCUT2D eigenvalue weighted by Gasteiger charge is 2.29. The van der Waals surface area contributed by atoms with E-state index in [1.54, 1.807) is 17.7 Å². The van der Waals surface area contributed by atoms with E-state index in [4.69, 9.17) is 9.72 Å². The van der Waals surface area contributed by atoms with Crippen LogP contribution in [0.15, 0.2) is 6.33 Å². The van der Waals surface area contributed by atoms with Gasteiger partial charge in [-0.3, -0.25) is 0 Å². The molecule has 0 amide bonds. The van der Waals surface area contributed by atoms with Gasteiger partial charge in [-0.2, -0.15) is 5.10 Å². The predicted octanol–water partition coefficient (Wildman–Crippen LogP) is 2.26. The van der Waals surface area contributed by atoms with Crippen LogP contribution in [0, 0.1) is 13.8 Å². The van der Waals surface area contributed by atoms with Crippen LogP contribution in [0.3, 0.4) is 0 Å². The number of rotatable bonds is 2. The van der Waals surface area contributed by atoms with E-state index in [1.807, 2.05) is 11.4 Å². The fourth-order valence-electron chi connectivity index (χ4n) is 3.86. The Morgan fingerprint density at radius 2 is 2.20 bits per heavy atom. The van der Waals surface area contributed by atoms with Crippen molar-refractivity contribution in [3.05, 3.63) is 33.4 Å². The lowest BCUT2D eigenvalue weighted by Gasteiger charge is -2.27. The second-order valence-corrected chi connectivity index (χ2v) is 8.01. The Bertz CT molecular complexity index is 942. The number of aryl methyl sites for hydroxylation is 2. The van der Waals surface area contributed by atoms with E-state index in [-0.39, 0.29) is 0 Å². The number of hydrogen-bond acceptors (Lipinski definition) is 7. The summed E-state index contributed by atoms with van der Waals surface area (Å²) >= 11 is 1.79. The summed E-state index contributed by atoms with van der Waals surface area (Å²) in [6.45, 7) is 7.41. The van der Waals surface area contributed by atoms with Crippen LogP contribution in [-0.4, -0.2) is 44.3 Å². The van der Waals surface area contributed by atoms with Gasteiger partial charge in [-0.25, -0.2) is 19.5 Å². The van der Waals surface area contributed by atoms with Crippen LogP contribution < -0.4 is 4.90 Å². The highest BCUT2D eigenvalue weighted by atomic mass is 32.1. The molecule has 0 saturated carbocycles. The molecule has 5 heterocycles. The van der Waals surface area contributed by atoms with E-state index in [0.717, 1.165) is 67.0 Å². The van der Waals surface area contributed by atoms with Crippen LogP contribution in [0.4, 0.5) is 5.82 Å². The van der Waals surface area contributed by atoms with Crippen molar-refractivity contribution < 1.29 is 4.74 Å². The van der Waals surface area contributed by atoms with Crippen molar-refractivity contribution in [2.45, 2.75) is 39.2 Å². The van der Waals surface area contributed by atoms with Gasteiger partial charge in [-0.1, -0.05) is 0 Å². The Balaban J connectivity index is 1.61. The van der Waals surface area contributed by atoms with E-state index in [2.05, 4.69) is 26.9 Å². The molecule has 0 aromatic carbocycles. The lowest BCUT2D eigenvalue weighted by molar-refractivity contribution is 0.193. The van der Waals surface area contributed by atoms with Crippen molar-refractivity contribution in [3.63, 3.8) is 0 Å². The van der Waals surface area contributed by atoms with Crippen LogP contribution in [0.2, 0.25) is 0 Å². The zero-order valence-electron chi connectivity index (χ0n) is 14.4. The maximum atomic E-state index is 5.59. The molecule has 0 unspecified atom stereocenters. The molecule has 8 heteroatoms. The van der Waals surface area contributed by atoms with Crippen LogP contribution >= 0.6 is 11.3 Å². The summed E-state index contributed by atoms with van der Waals surface area (Å²) in [6.07, 6.45) is 3.61. The normalized spacial score (nSPS) is 20.4. The minimum atomic E-state index is 0.333. The summed E-state index contributed by atoms with van der Waals surface area (Å²) in [4.78, 5) is 17.8. The Morgan fingerprint density at radius 1 is 1.28 bits per heavy atom. The Hall–Kier alpha value is -2.06. The van der Waals surface area contributed by atoms with Gasteiger partial charge in [0.1, 0.15) is 17.7 Å². The number of ether oxygens (including phenoxy) is 1. The van der Waals surface area contributed by atoms with Crippen LogP contribution in [0.25, 0.3) is 5.52 Å². The number of nitrogens with zero attached hydrogens (tertiary/aromatic N) is 6. The van der Waals surface area contributed by atoms with Gasteiger partial charge >= 0.3 is 0 Å². The largest absolute Gasteiger partial charge is 0.381 e. The first-order valence-electron chi connectivity index (χ1n) is 8.69. The summed E-state index contributed by atoms with van der Waals surface area (Å²) in [5, 5.41) is 5.58. The number of aromatic nitrogens is 5. The van der Waals surface area contributed by atoms with E-state index < -0.39 is 0 Å².